The fourth-order valence-corrected chi connectivity index (χ4v) is 4.48. The number of nitrogens with zero attached hydrogens (tertiary/aromatic N) is 3. The number of hydrogen-bond acceptors (Lipinski definition) is 3. The number of anilines is 1. The summed E-state index contributed by atoms with van der Waals surface area (Å²) in [6.07, 6.45) is 8.32. The molecule has 5 heteroatoms. The van der Waals surface area contributed by atoms with Crippen molar-refractivity contribution in [2.75, 3.05) is 18.0 Å². The van der Waals surface area contributed by atoms with Crippen LogP contribution in [0.15, 0.2) is 60.8 Å². The van der Waals surface area contributed by atoms with Crippen molar-refractivity contribution in [1.29, 1.82) is 0 Å². The Hall–Kier alpha value is -3.21. The molecule has 0 saturated heterocycles. The highest BCUT2D eigenvalue weighted by atomic mass is 16.2. The fourth-order valence-electron chi connectivity index (χ4n) is 4.48. The SMILES string of the molecule is CC(=O)N1CCCCCCCCN(C(=O)c2ccc3ncccc3c2)Cc2ccccc21. The van der Waals surface area contributed by atoms with Crippen molar-refractivity contribution in [2.24, 2.45) is 0 Å². The van der Waals surface area contributed by atoms with Crippen molar-refractivity contribution in [3.05, 3.63) is 71.9 Å². The molecule has 0 spiro atoms. The number of carbonyl (C=O) groups excluding carboxylic acids is 2. The number of aromatic nitrogens is 1. The van der Waals surface area contributed by atoms with E-state index < -0.39 is 0 Å². The lowest BCUT2D eigenvalue weighted by molar-refractivity contribution is -0.116. The van der Waals surface area contributed by atoms with Gasteiger partial charge in [0.05, 0.1) is 5.52 Å². The first kappa shape index (κ1) is 22.0. The zero-order valence-electron chi connectivity index (χ0n) is 18.8. The standard InChI is InChI=1S/C27H31N3O2/c1-21(31)30-18-9-5-3-2-4-8-17-29(20-24-11-6-7-13-26(24)30)27(32)23-14-15-25-22(19-23)12-10-16-28-25/h6-7,10-16,19H,2-5,8-9,17-18,20H2,1H3. The number of amides is 2. The Labute approximate surface area is 190 Å². The minimum atomic E-state index is 0.0230. The first-order valence-corrected chi connectivity index (χ1v) is 11.6. The number of benzene rings is 2. The molecular weight excluding hydrogens is 398 g/mol. The van der Waals surface area contributed by atoms with Gasteiger partial charge in [0.2, 0.25) is 5.91 Å². The average molecular weight is 430 g/mol. The Morgan fingerprint density at radius 1 is 0.844 bits per heavy atom. The van der Waals surface area contributed by atoms with Gasteiger partial charge in [-0.3, -0.25) is 14.6 Å². The number of fused-ring (bicyclic) bond motifs is 2. The minimum absolute atomic E-state index is 0.0230. The van der Waals surface area contributed by atoms with Gasteiger partial charge in [0.15, 0.2) is 0 Å². The van der Waals surface area contributed by atoms with E-state index >= 15 is 0 Å². The van der Waals surface area contributed by atoms with E-state index in [1.807, 2.05) is 64.4 Å². The summed E-state index contributed by atoms with van der Waals surface area (Å²) in [6.45, 7) is 3.54. The molecule has 0 atom stereocenters. The molecule has 0 fully saturated rings. The second kappa shape index (κ2) is 10.4. The molecule has 0 saturated carbocycles. The van der Waals surface area contributed by atoms with Crippen LogP contribution >= 0.6 is 0 Å². The van der Waals surface area contributed by atoms with E-state index in [4.69, 9.17) is 0 Å². The maximum atomic E-state index is 13.6. The molecule has 1 aromatic heterocycles. The highest BCUT2D eigenvalue weighted by molar-refractivity contribution is 5.98. The molecule has 1 aliphatic rings. The predicted molar refractivity (Wildman–Crippen MR) is 129 cm³/mol. The fraction of sp³-hybridized carbons (Fsp3) is 0.370. The highest BCUT2D eigenvalue weighted by Gasteiger charge is 2.21. The Kier molecular flexibility index (Phi) is 7.15. The summed E-state index contributed by atoms with van der Waals surface area (Å²) in [5.74, 6) is 0.0713. The zero-order chi connectivity index (χ0) is 22.3. The van der Waals surface area contributed by atoms with Crippen LogP contribution in [0.1, 0.15) is 61.4 Å². The van der Waals surface area contributed by atoms with E-state index in [2.05, 4.69) is 4.98 Å². The summed E-state index contributed by atoms with van der Waals surface area (Å²) in [4.78, 5) is 34.2. The van der Waals surface area contributed by atoms with Crippen molar-refractivity contribution in [3.8, 4) is 0 Å². The molecule has 0 bridgehead atoms. The van der Waals surface area contributed by atoms with Gasteiger partial charge in [-0.05, 0) is 48.7 Å². The van der Waals surface area contributed by atoms with Crippen LogP contribution in [-0.2, 0) is 11.3 Å². The quantitative estimate of drug-likeness (QED) is 0.507. The lowest BCUT2D eigenvalue weighted by Crippen LogP contribution is -2.34. The molecule has 2 aromatic carbocycles. The molecule has 3 aromatic rings. The Morgan fingerprint density at radius 3 is 2.41 bits per heavy atom. The first-order chi connectivity index (χ1) is 15.6. The molecule has 0 radical (unpaired) electrons. The number of pyridine rings is 1. The molecule has 0 aliphatic carbocycles. The lowest BCUT2D eigenvalue weighted by atomic mass is 10.1. The van der Waals surface area contributed by atoms with Crippen molar-refractivity contribution >= 4 is 28.4 Å². The van der Waals surface area contributed by atoms with Gasteiger partial charge in [-0.1, -0.05) is 49.9 Å². The van der Waals surface area contributed by atoms with Crippen molar-refractivity contribution in [1.82, 2.24) is 9.88 Å². The van der Waals surface area contributed by atoms with Gasteiger partial charge in [-0.15, -0.1) is 0 Å². The van der Waals surface area contributed by atoms with Gasteiger partial charge in [0.1, 0.15) is 0 Å². The number of para-hydroxylation sites is 1. The average Bonchev–Trinajstić information content (AvgIpc) is 2.83. The smallest absolute Gasteiger partial charge is 0.254 e. The Bertz CT molecular complexity index is 1090. The lowest BCUT2D eigenvalue weighted by Gasteiger charge is -2.28. The second-order valence-corrected chi connectivity index (χ2v) is 8.56. The Balaban J connectivity index is 1.67. The van der Waals surface area contributed by atoms with Gasteiger partial charge in [0, 0.05) is 49.4 Å². The molecule has 166 valence electrons. The number of carbonyl (C=O) groups is 2. The molecule has 32 heavy (non-hydrogen) atoms. The van der Waals surface area contributed by atoms with Gasteiger partial charge < -0.3 is 9.80 Å². The summed E-state index contributed by atoms with van der Waals surface area (Å²) in [7, 11) is 0. The van der Waals surface area contributed by atoms with Gasteiger partial charge in [-0.25, -0.2) is 0 Å². The van der Waals surface area contributed by atoms with Crippen LogP contribution < -0.4 is 4.90 Å². The molecule has 2 heterocycles. The third kappa shape index (κ3) is 5.16. The summed E-state index contributed by atoms with van der Waals surface area (Å²) in [5.41, 5.74) is 3.49. The van der Waals surface area contributed by atoms with E-state index in [0.717, 1.165) is 60.8 Å². The molecule has 0 N–H and O–H groups in total. The third-order valence-corrected chi connectivity index (χ3v) is 6.22. The normalized spacial score (nSPS) is 15.9. The third-order valence-electron chi connectivity index (χ3n) is 6.22. The predicted octanol–water partition coefficient (Wildman–Crippen LogP) is 5.58. The molecule has 1 aliphatic heterocycles. The topological polar surface area (TPSA) is 53.5 Å². The van der Waals surface area contributed by atoms with Crippen LogP contribution in [-0.4, -0.2) is 34.8 Å². The van der Waals surface area contributed by atoms with Crippen LogP contribution in [0, 0.1) is 0 Å². The van der Waals surface area contributed by atoms with E-state index in [1.54, 1.807) is 13.1 Å². The van der Waals surface area contributed by atoms with E-state index in [-0.39, 0.29) is 11.8 Å². The number of hydrogen-bond donors (Lipinski definition) is 0. The van der Waals surface area contributed by atoms with Crippen LogP contribution in [0.5, 0.6) is 0 Å². The number of rotatable bonds is 1. The largest absolute Gasteiger partial charge is 0.334 e. The minimum Gasteiger partial charge on any atom is -0.334 e. The maximum Gasteiger partial charge on any atom is 0.254 e. The van der Waals surface area contributed by atoms with E-state index in [0.29, 0.717) is 18.7 Å². The zero-order valence-corrected chi connectivity index (χ0v) is 18.8. The van der Waals surface area contributed by atoms with Crippen LogP contribution in [0.25, 0.3) is 10.9 Å². The summed E-state index contributed by atoms with van der Waals surface area (Å²) in [5, 5.41) is 0.965. The van der Waals surface area contributed by atoms with Crippen molar-refractivity contribution < 1.29 is 9.59 Å². The van der Waals surface area contributed by atoms with Gasteiger partial charge in [0.25, 0.3) is 5.91 Å². The van der Waals surface area contributed by atoms with E-state index in [9.17, 15) is 9.59 Å². The molecule has 5 nitrogen and oxygen atoms in total. The van der Waals surface area contributed by atoms with Gasteiger partial charge >= 0.3 is 0 Å². The monoisotopic (exact) mass is 429 g/mol. The van der Waals surface area contributed by atoms with Crippen LogP contribution in [0.3, 0.4) is 0 Å². The highest BCUT2D eigenvalue weighted by Crippen LogP contribution is 2.25. The summed E-state index contributed by atoms with van der Waals surface area (Å²) < 4.78 is 0. The van der Waals surface area contributed by atoms with Crippen molar-refractivity contribution in [2.45, 2.75) is 52.0 Å². The molecule has 0 unspecified atom stereocenters. The second-order valence-electron chi connectivity index (χ2n) is 8.56. The van der Waals surface area contributed by atoms with Crippen LogP contribution in [0.2, 0.25) is 0 Å². The van der Waals surface area contributed by atoms with E-state index in [1.165, 1.54) is 6.42 Å². The molecule has 4 rings (SSSR count). The van der Waals surface area contributed by atoms with Crippen molar-refractivity contribution in [3.63, 3.8) is 0 Å². The summed E-state index contributed by atoms with van der Waals surface area (Å²) in [6, 6.07) is 17.6. The van der Waals surface area contributed by atoms with Crippen LogP contribution in [0.4, 0.5) is 5.69 Å². The maximum absolute atomic E-state index is 13.6. The van der Waals surface area contributed by atoms with Gasteiger partial charge in [-0.2, -0.15) is 0 Å². The summed E-state index contributed by atoms with van der Waals surface area (Å²) >= 11 is 0. The first-order valence-electron chi connectivity index (χ1n) is 11.6. The molecule has 2 amide bonds. The Morgan fingerprint density at radius 2 is 1.59 bits per heavy atom. The molecular formula is C27H31N3O2.